The summed E-state index contributed by atoms with van der Waals surface area (Å²) in [7, 11) is 0. The van der Waals surface area contributed by atoms with E-state index in [0.717, 1.165) is 6.54 Å². The molecule has 4 unspecified atom stereocenters. The highest BCUT2D eigenvalue weighted by Crippen LogP contribution is 2.32. The Bertz CT molecular complexity index is 290. The summed E-state index contributed by atoms with van der Waals surface area (Å²) in [4.78, 5) is 0. The fourth-order valence-corrected chi connectivity index (χ4v) is 2.55. The highest BCUT2D eigenvalue weighted by molar-refractivity contribution is 5.25. The molecule has 0 aromatic heterocycles. The molecule has 68 valence electrons. The SMILES string of the molecule is C1=CC2NC3NCC=CC3C2C=C1. The summed E-state index contributed by atoms with van der Waals surface area (Å²) in [5, 5.41) is 7.07. The molecular formula is C11H14N2. The van der Waals surface area contributed by atoms with Gasteiger partial charge in [0, 0.05) is 24.4 Å². The monoisotopic (exact) mass is 174 g/mol. The van der Waals surface area contributed by atoms with Crippen LogP contribution in [0, 0.1) is 11.8 Å². The summed E-state index contributed by atoms with van der Waals surface area (Å²) < 4.78 is 0. The third kappa shape index (κ3) is 1.10. The summed E-state index contributed by atoms with van der Waals surface area (Å²) in [6.45, 7) is 1.00. The molecule has 3 rings (SSSR count). The Labute approximate surface area is 78.4 Å². The fourth-order valence-electron chi connectivity index (χ4n) is 2.55. The average molecular weight is 174 g/mol. The number of nitrogens with one attached hydrogen (secondary N) is 2. The van der Waals surface area contributed by atoms with Gasteiger partial charge in [0.15, 0.2) is 0 Å². The summed E-state index contributed by atoms with van der Waals surface area (Å²) in [5.41, 5.74) is 0. The Morgan fingerprint density at radius 1 is 1.00 bits per heavy atom. The first kappa shape index (κ1) is 7.54. The van der Waals surface area contributed by atoms with Gasteiger partial charge in [0.2, 0.25) is 0 Å². The number of fused-ring (bicyclic) bond motifs is 3. The molecule has 13 heavy (non-hydrogen) atoms. The van der Waals surface area contributed by atoms with Gasteiger partial charge in [-0.25, -0.2) is 0 Å². The van der Waals surface area contributed by atoms with Crippen molar-refractivity contribution in [1.29, 1.82) is 0 Å². The van der Waals surface area contributed by atoms with E-state index in [1.165, 1.54) is 0 Å². The number of hydrogen-bond acceptors (Lipinski definition) is 2. The van der Waals surface area contributed by atoms with Crippen molar-refractivity contribution in [2.75, 3.05) is 6.54 Å². The van der Waals surface area contributed by atoms with Crippen molar-refractivity contribution in [3.8, 4) is 0 Å². The van der Waals surface area contributed by atoms with Gasteiger partial charge in [-0.1, -0.05) is 36.5 Å². The van der Waals surface area contributed by atoms with Crippen molar-refractivity contribution in [2.45, 2.75) is 12.2 Å². The lowest BCUT2D eigenvalue weighted by molar-refractivity contribution is 0.406. The van der Waals surface area contributed by atoms with Crippen LogP contribution in [0.3, 0.4) is 0 Å². The van der Waals surface area contributed by atoms with Crippen LogP contribution >= 0.6 is 0 Å². The third-order valence-electron chi connectivity index (χ3n) is 3.19. The van der Waals surface area contributed by atoms with Crippen LogP contribution in [0.4, 0.5) is 0 Å². The molecule has 2 nitrogen and oxygen atoms in total. The minimum Gasteiger partial charge on any atom is -0.298 e. The van der Waals surface area contributed by atoms with Crippen LogP contribution in [0.1, 0.15) is 0 Å². The smallest absolute Gasteiger partial charge is 0.0649 e. The van der Waals surface area contributed by atoms with Crippen LogP contribution in [-0.4, -0.2) is 18.8 Å². The number of rotatable bonds is 0. The molecular weight excluding hydrogens is 160 g/mol. The molecule has 0 aromatic rings. The van der Waals surface area contributed by atoms with Crippen LogP contribution in [-0.2, 0) is 0 Å². The summed E-state index contributed by atoms with van der Waals surface area (Å²) in [5.74, 6) is 1.29. The summed E-state index contributed by atoms with van der Waals surface area (Å²) in [6.07, 6.45) is 13.9. The van der Waals surface area contributed by atoms with Crippen molar-refractivity contribution >= 4 is 0 Å². The molecule has 2 heterocycles. The van der Waals surface area contributed by atoms with Gasteiger partial charge in [0.25, 0.3) is 0 Å². The Morgan fingerprint density at radius 2 is 1.92 bits per heavy atom. The predicted molar refractivity (Wildman–Crippen MR) is 53.1 cm³/mol. The predicted octanol–water partition coefficient (Wildman–Crippen LogP) is 0.802. The van der Waals surface area contributed by atoms with Gasteiger partial charge < -0.3 is 0 Å². The zero-order valence-corrected chi connectivity index (χ0v) is 7.48. The van der Waals surface area contributed by atoms with E-state index >= 15 is 0 Å². The number of allylic oxidation sites excluding steroid dienone is 2. The van der Waals surface area contributed by atoms with E-state index in [2.05, 4.69) is 47.1 Å². The van der Waals surface area contributed by atoms with E-state index in [0.29, 0.717) is 24.0 Å². The first-order valence-electron chi connectivity index (χ1n) is 4.96. The molecule has 1 fully saturated rings. The molecule has 2 N–H and O–H groups in total. The van der Waals surface area contributed by atoms with Crippen LogP contribution < -0.4 is 10.6 Å². The zero-order valence-electron chi connectivity index (χ0n) is 7.48. The molecule has 1 aliphatic carbocycles. The molecule has 0 radical (unpaired) electrons. The van der Waals surface area contributed by atoms with Crippen molar-refractivity contribution < 1.29 is 0 Å². The van der Waals surface area contributed by atoms with Crippen LogP contribution in [0.25, 0.3) is 0 Å². The van der Waals surface area contributed by atoms with Crippen molar-refractivity contribution in [2.24, 2.45) is 11.8 Å². The molecule has 4 atom stereocenters. The molecule has 0 saturated carbocycles. The molecule has 0 spiro atoms. The minimum absolute atomic E-state index is 0.479. The largest absolute Gasteiger partial charge is 0.298 e. The molecule has 0 aromatic carbocycles. The second-order valence-electron chi connectivity index (χ2n) is 3.93. The molecule has 0 bridgehead atoms. The Kier molecular flexibility index (Phi) is 1.64. The standard InChI is InChI=1S/C11H14N2/c1-2-6-10-8(4-1)9-5-3-7-12-11(9)13-10/h1-6,8-13H,7H2. The lowest BCUT2D eigenvalue weighted by atomic mass is 9.85. The highest BCUT2D eigenvalue weighted by Gasteiger charge is 2.39. The molecule has 2 aliphatic heterocycles. The quantitative estimate of drug-likeness (QED) is 0.531. The lowest BCUT2D eigenvalue weighted by Crippen LogP contribution is -2.44. The van der Waals surface area contributed by atoms with Gasteiger partial charge in [0.1, 0.15) is 0 Å². The number of hydrogen-bond donors (Lipinski definition) is 2. The molecule has 0 amide bonds. The Hall–Kier alpha value is -0.860. The highest BCUT2D eigenvalue weighted by atomic mass is 15.2. The van der Waals surface area contributed by atoms with Crippen LogP contribution in [0.15, 0.2) is 36.5 Å². The van der Waals surface area contributed by atoms with Gasteiger partial charge in [-0.3, -0.25) is 10.6 Å². The Balaban J connectivity index is 1.92. The zero-order chi connectivity index (χ0) is 8.67. The van der Waals surface area contributed by atoms with Crippen molar-refractivity contribution in [3.63, 3.8) is 0 Å². The average Bonchev–Trinajstić information content (AvgIpc) is 2.56. The van der Waals surface area contributed by atoms with Crippen molar-refractivity contribution in [1.82, 2.24) is 10.6 Å². The molecule has 2 heteroatoms. The van der Waals surface area contributed by atoms with E-state index in [9.17, 15) is 0 Å². The fraction of sp³-hybridized carbons (Fsp3) is 0.455. The van der Waals surface area contributed by atoms with Gasteiger partial charge in [-0.15, -0.1) is 0 Å². The van der Waals surface area contributed by atoms with Gasteiger partial charge in [0.05, 0.1) is 6.17 Å². The van der Waals surface area contributed by atoms with Crippen LogP contribution in [0.2, 0.25) is 0 Å². The topological polar surface area (TPSA) is 24.1 Å². The van der Waals surface area contributed by atoms with E-state index in [4.69, 9.17) is 0 Å². The molecule has 1 saturated heterocycles. The van der Waals surface area contributed by atoms with Crippen molar-refractivity contribution in [3.05, 3.63) is 36.5 Å². The third-order valence-corrected chi connectivity index (χ3v) is 3.19. The maximum Gasteiger partial charge on any atom is 0.0649 e. The van der Waals surface area contributed by atoms with E-state index in [1.54, 1.807) is 0 Å². The van der Waals surface area contributed by atoms with E-state index in [-0.39, 0.29) is 0 Å². The second kappa shape index (κ2) is 2.82. The summed E-state index contributed by atoms with van der Waals surface area (Å²) in [6, 6.07) is 0.537. The van der Waals surface area contributed by atoms with Gasteiger partial charge in [-0.05, 0) is 0 Å². The van der Waals surface area contributed by atoms with E-state index in [1.807, 2.05) is 0 Å². The van der Waals surface area contributed by atoms with Gasteiger partial charge >= 0.3 is 0 Å². The molecule has 3 aliphatic rings. The maximum atomic E-state index is 3.59. The first-order chi connectivity index (χ1) is 6.45. The minimum atomic E-state index is 0.479. The van der Waals surface area contributed by atoms with E-state index < -0.39 is 0 Å². The lowest BCUT2D eigenvalue weighted by Gasteiger charge is -2.23. The Morgan fingerprint density at radius 3 is 2.92 bits per heavy atom. The van der Waals surface area contributed by atoms with Gasteiger partial charge in [-0.2, -0.15) is 0 Å². The first-order valence-corrected chi connectivity index (χ1v) is 4.96. The van der Waals surface area contributed by atoms with Crippen LogP contribution in [0.5, 0.6) is 0 Å². The second-order valence-corrected chi connectivity index (χ2v) is 3.93. The normalized spacial score (nSPS) is 46.2. The summed E-state index contributed by atoms with van der Waals surface area (Å²) >= 11 is 0. The maximum absolute atomic E-state index is 3.59.